The predicted octanol–water partition coefficient (Wildman–Crippen LogP) is 1.82. The van der Waals surface area contributed by atoms with E-state index in [2.05, 4.69) is 33.5 Å². The SMILES string of the molecule is Cc1cc(Cc2nc(Cl)nc(Cc3cc(S(=O)(=O)CCOS(=O)(=O)O)cc(S(=O)(=O)O)c3O)n2)ccc1N=Nc1ccc(S(=O)(=O)CCOS(=O)(=O)O)cc1S(=O)(=O)O. The van der Waals surface area contributed by atoms with Crippen molar-refractivity contribution in [3.8, 4) is 5.75 Å². The zero-order valence-corrected chi connectivity index (χ0v) is 35.0. The van der Waals surface area contributed by atoms with Crippen molar-refractivity contribution >= 4 is 83.7 Å². The van der Waals surface area contributed by atoms with Gasteiger partial charge in [0.15, 0.2) is 19.7 Å². The summed E-state index contributed by atoms with van der Waals surface area (Å²) in [5, 5.41) is 18.1. The van der Waals surface area contributed by atoms with Gasteiger partial charge < -0.3 is 5.11 Å². The van der Waals surface area contributed by atoms with Crippen molar-refractivity contribution in [3.05, 3.63) is 82.2 Å². The summed E-state index contributed by atoms with van der Waals surface area (Å²) in [5.74, 6) is -3.37. The first kappa shape index (κ1) is 47.5. The molecule has 0 spiro atoms. The second kappa shape index (κ2) is 17.8. The Balaban J connectivity index is 1.59. The molecule has 0 atom stereocenters. The number of aromatic nitrogens is 3. The minimum atomic E-state index is -5.24. The van der Waals surface area contributed by atoms with Crippen LogP contribution in [0, 0.1) is 6.92 Å². The van der Waals surface area contributed by atoms with Gasteiger partial charge >= 0.3 is 20.8 Å². The minimum Gasteiger partial charge on any atom is -0.506 e. The van der Waals surface area contributed by atoms with Crippen molar-refractivity contribution in [2.45, 2.75) is 39.3 Å². The second-order valence-electron chi connectivity index (χ2n) is 11.8. The van der Waals surface area contributed by atoms with Crippen LogP contribution in [0.5, 0.6) is 5.75 Å². The van der Waals surface area contributed by atoms with Gasteiger partial charge in [-0.3, -0.25) is 18.2 Å². The van der Waals surface area contributed by atoms with E-state index in [4.69, 9.17) is 20.7 Å². The molecule has 3 aromatic carbocycles. The van der Waals surface area contributed by atoms with Crippen molar-refractivity contribution < 1.29 is 82.2 Å². The van der Waals surface area contributed by atoms with Crippen LogP contribution >= 0.6 is 11.6 Å². The van der Waals surface area contributed by atoms with Gasteiger partial charge in [0.2, 0.25) is 5.28 Å². The van der Waals surface area contributed by atoms with Crippen LogP contribution < -0.4 is 0 Å². The van der Waals surface area contributed by atoms with Gasteiger partial charge in [-0.1, -0.05) is 12.1 Å². The number of rotatable bonds is 18. The Morgan fingerprint density at radius 3 is 1.63 bits per heavy atom. The highest BCUT2D eigenvalue weighted by Crippen LogP contribution is 2.33. The average Bonchev–Trinajstić information content (AvgIpc) is 3.06. The molecule has 0 radical (unpaired) electrons. The summed E-state index contributed by atoms with van der Waals surface area (Å²) in [5.41, 5.74) is 0.179. The maximum absolute atomic E-state index is 12.9. The van der Waals surface area contributed by atoms with E-state index in [9.17, 15) is 64.7 Å². The van der Waals surface area contributed by atoms with E-state index in [0.29, 0.717) is 23.3 Å². The monoisotopic (exact) mass is 965 g/mol. The maximum atomic E-state index is 12.9. The van der Waals surface area contributed by atoms with E-state index < -0.39 is 128 Å². The molecule has 322 valence electrons. The van der Waals surface area contributed by atoms with E-state index in [1.54, 1.807) is 13.0 Å². The van der Waals surface area contributed by atoms with Crippen LogP contribution in [0.15, 0.2) is 78.3 Å². The maximum Gasteiger partial charge on any atom is 0.397 e. The van der Waals surface area contributed by atoms with E-state index in [-0.39, 0.29) is 29.0 Å². The van der Waals surface area contributed by atoms with Crippen LogP contribution in [0.4, 0.5) is 11.4 Å². The lowest BCUT2D eigenvalue weighted by molar-refractivity contribution is 0.282. The van der Waals surface area contributed by atoms with Gasteiger partial charge in [0.05, 0.1) is 40.2 Å². The van der Waals surface area contributed by atoms with Crippen molar-refractivity contribution in [1.82, 2.24) is 15.0 Å². The van der Waals surface area contributed by atoms with Gasteiger partial charge in [0.1, 0.15) is 32.9 Å². The number of hydrogen-bond acceptors (Lipinski definition) is 20. The predicted molar refractivity (Wildman–Crippen MR) is 199 cm³/mol. The van der Waals surface area contributed by atoms with E-state index in [0.717, 1.165) is 18.2 Å². The number of azo groups is 1. The number of hydrogen-bond donors (Lipinski definition) is 5. The molecular weight excluding hydrogens is 938 g/mol. The molecule has 0 amide bonds. The highest BCUT2D eigenvalue weighted by atomic mass is 35.5. The van der Waals surface area contributed by atoms with Gasteiger partial charge in [-0.05, 0) is 66.0 Å². The number of nitrogens with zero attached hydrogens (tertiary/aromatic N) is 5. The van der Waals surface area contributed by atoms with E-state index in [1.807, 2.05) is 0 Å². The first-order valence-corrected chi connectivity index (χ1v) is 24.8. The summed E-state index contributed by atoms with van der Waals surface area (Å²) < 4.78 is 187. The Kier molecular flexibility index (Phi) is 14.3. The van der Waals surface area contributed by atoms with Crippen LogP contribution in [0.1, 0.15) is 28.3 Å². The Hall–Kier alpha value is -4.18. The molecule has 5 N–H and O–H groups in total. The molecule has 59 heavy (non-hydrogen) atoms. The second-order valence-corrected chi connectivity index (χ2v) is 21.3. The molecule has 4 rings (SSSR count). The van der Waals surface area contributed by atoms with Crippen LogP contribution in [0.2, 0.25) is 5.28 Å². The van der Waals surface area contributed by atoms with E-state index in [1.165, 1.54) is 12.1 Å². The zero-order valence-electron chi connectivity index (χ0n) is 29.4. The molecule has 0 saturated heterocycles. The zero-order chi connectivity index (χ0) is 44.4. The normalized spacial score (nSPS) is 13.3. The van der Waals surface area contributed by atoms with Crippen molar-refractivity contribution in [3.63, 3.8) is 0 Å². The number of benzene rings is 3. The number of sulfone groups is 2. The van der Waals surface area contributed by atoms with Crippen molar-refractivity contribution in [1.29, 1.82) is 0 Å². The third-order valence-corrected chi connectivity index (χ3v) is 13.6. The third-order valence-electron chi connectivity index (χ3n) is 7.44. The van der Waals surface area contributed by atoms with Gasteiger partial charge in [0.25, 0.3) is 20.2 Å². The Labute approximate surface area is 341 Å². The van der Waals surface area contributed by atoms with Crippen LogP contribution in [-0.4, -0.2) is 113 Å². The van der Waals surface area contributed by atoms with Gasteiger partial charge in [-0.25, -0.2) is 40.2 Å². The van der Waals surface area contributed by atoms with Crippen LogP contribution in [0.3, 0.4) is 0 Å². The topological polar surface area (TPSA) is 388 Å². The van der Waals surface area contributed by atoms with Crippen molar-refractivity contribution in [2.24, 2.45) is 10.2 Å². The summed E-state index contributed by atoms with van der Waals surface area (Å²) in [7, 11) is -29.3. The molecule has 0 aliphatic heterocycles. The fraction of sp³-hybridized carbons (Fsp3) is 0.250. The number of phenols is 1. The molecular formula is C28H28ClN5O19S6. The Morgan fingerprint density at radius 2 is 1.10 bits per heavy atom. The number of halogens is 1. The van der Waals surface area contributed by atoms with Crippen LogP contribution in [0.25, 0.3) is 0 Å². The number of phenolic OH excluding ortho intramolecular Hbond substituents is 1. The van der Waals surface area contributed by atoms with Gasteiger partial charge in [-0.15, -0.1) is 5.11 Å². The fourth-order valence-electron chi connectivity index (χ4n) is 4.85. The van der Waals surface area contributed by atoms with Gasteiger partial charge in [-0.2, -0.15) is 38.8 Å². The first-order valence-electron chi connectivity index (χ1n) is 15.5. The third kappa shape index (κ3) is 13.7. The molecule has 1 aromatic heterocycles. The summed E-state index contributed by atoms with van der Waals surface area (Å²) >= 11 is 6.10. The van der Waals surface area contributed by atoms with Crippen molar-refractivity contribution in [2.75, 3.05) is 24.7 Å². The molecule has 31 heteroatoms. The lowest BCUT2D eigenvalue weighted by Gasteiger charge is -2.12. The molecule has 0 aliphatic rings. The van der Waals surface area contributed by atoms with E-state index >= 15 is 0 Å². The smallest absolute Gasteiger partial charge is 0.397 e. The highest BCUT2D eigenvalue weighted by Gasteiger charge is 2.27. The largest absolute Gasteiger partial charge is 0.506 e. The quantitative estimate of drug-likeness (QED) is 0.0701. The van der Waals surface area contributed by atoms with Gasteiger partial charge in [0, 0.05) is 18.4 Å². The molecule has 4 aromatic rings. The molecule has 0 bridgehead atoms. The Morgan fingerprint density at radius 1 is 0.610 bits per heavy atom. The lowest BCUT2D eigenvalue weighted by Crippen LogP contribution is -2.16. The first-order chi connectivity index (χ1) is 26.9. The molecule has 0 saturated carbocycles. The molecule has 0 unspecified atom stereocenters. The molecule has 1 heterocycles. The molecule has 0 fully saturated rings. The molecule has 0 aliphatic carbocycles. The Bertz CT molecular complexity index is 3020. The average molecular weight is 966 g/mol. The summed E-state index contributed by atoms with van der Waals surface area (Å²) in [4.78, 5) is 8.54. The van der Waals surface area contributed by atoms with Crippen LogP contribution in [-0.2, 0) is 81.9 Å². The summed E-state index contributed by atoms with van der Waals surface area (Å²) in [6.07, 6.45) is -0.649. The lowest BCUT2D eigenvalue weighted by atomic mass is 10.1. The highest BCUT2D eigenvalue weighted by molar-refractivity contribution is 7.92. The number of aryl methyl sites for hydroxylation is 1. The molecule has 24 nitrogen and oxygen atoms in total. The fourth-order valence-corrected chi connectivity index (χ4v) is 9.57. The standard InChI is InChI=1S/C28H28ClN5O19S6/c1-16-10-17(2-4-21(16)33-34-22-5-3-19(14-23(22)56(40,41)42)54(36,37)8-6-52-58(46,47)48)11-25-30-26(32-28(29)31-25)13-18-12-20(15-24(27(18)35)57(43,44)45)55(38,39)9-7-53-59(49,50)51/h2-5,10,12,14-15,35H,6-9,11,13H2,1H3,(H,40,41,42)(H,43,44,45)(H,46,47,48)(H,49,50,51). The summed E-state index contributed by atoms with van der Waals surface area (Å²) in [6, 6.07) is 8.14. The minimum absolute atomic E-state index is 0.00629. The summed E-state index contributed by atoms with van der Waals surface area (Å²) in [6.45, 7) is -0.503. The number of aromatic hydroxyl groups is 1.